The summed E-state index contributed by atoms with van der Waals surface area (Å²) >= 11 is 0. The van der Waals surface area contributed by atoms with Crippen LogP contribution in [0.1, 0.15) is 41.7 Å². The van der Waals surface area contributed by atoms with Crippen molar-refractivity contribution in [2.45, 2.75) is 31.3 Å². The minimum atomic E-state index is -0.853. The van der Waals surface area contributed by atoms with Crippen LogP contribution < -0.4 is 19.7 Å². The molecule has 9 nitrogen and oxygen atoms in total. The Morgan fingerprint density at radius 1 is 0.878 bits per heavy atom. The first-order chi connectivity index (χ1) is 19.9. The zero-order chi connectivity index (χ0) is 29.0. The van der Waals surface area contributed by atoms with Crippen LogP contribution in [0.5, 0.6) is 11.5 Å². The molecule has 2 saturated heterocycles. The van der Waals surface area contributed by atoms with E-state index in [4.69, 9.17) is 9.47 Å². The predicted octanol–water partition coefficient (Wildman–Crippen LogP) is 3.86. The number of methoxy groups -OCH3 is 2. The summed E-state index contributed by atoms with van der Waals surface area (Å²) in [5.41, 5.74) is 1.43. The van der Waals surface area contributed by atoms with Gasteiger partial charge in [-0.25, -0.2) is 0 Å². The summed E-state index contributed by atoms with van der Waals surface area (Å²) in [6.07, 6.45) is 0.866. The quantitative estimate of drug-likeness (QED) is 0.453. The van der Waals surface area contributed by atoms with Crippen LogP contribution >= 0.6 is 0 Å². The third-order valence-electron chi connectivity index (χ3n) is 8.11. The van der Waals surface area contributed by atoms with Crippen molar-refractivity contribution >= 4 is 23.4 Å². The molecule has 2 aliphatic rings. The number of para-hydroxylation sites is 1. The fourth-order valence-corrected chi connectivity index (χ4v) is 5.91. The molecule has 1 N–H and O–H groups in total. The molecular formula is C32H36N4O5. The Hall–Kier alpha value is -4.53. The van der Waals surface area contributed by atoms with Crippen LogP contribution in [0.2, 0.25) is 0 Å². The second kappa shape index (κ2) is 11.9. The summed E-state index contributed by atoms with van der Waals surface area (Å²) in [5, 5.41) is 3.02. The normalized spacial score (nSPS) is 17.0. The standard InChI is InChI=1S/C32H36N4O5/c1-23(24-11-6-4-7-12-24)33-28(37)21-35-22-36(25-13-8-5-9-14-25)32(31(35)39)17-19-34(20-18-32)30(38)29-26(40-2)15-10-16-27(29)41-3/h4-16,23H,17-22H2,1-3H3,(H,33,37). The van der Waals surface area contributed by atoms with Gasteiger partial charge in [-0.1, -0.05) is 54.6 Å². The minimum Gasteiger partial charge on any atom is -0.496 e. The maximum atomic E-state index is 14.1. The van der Waals surface area contributed by atoms with Crippen molar-refractivity contribution in [1.29, 1.82) is 0 Å². The SMILES string of the molecule is COc1cccc(OC)c1C(=O)N1CCC2(CC1)C(=O)N(CC(=O)NC(C)c1ccccc1)CN2c1ccccc1. The van der Waals surface area contributed by atoms with E-state index in [1.165, 1.54) is 14.2 Å². The van der Waals surface area contributed by atoms with Gasteiger partial charge in [0.15, 0.2) is 0 Å². The van der Waals surface area contributed by atoms with Gasteiger partial charge >= 0.3 is 0 Å². The average Bonchev–Trinajstić information content (AvgIpc) is 3.27. The Kier molecular flexibility index (Phi) is 8.14. The number of nitrogens with one attached hydrogen (secondary N) is 1. The van der Waals surface area contributed by atoms with E-state index in [9.17, 15) is 14.4 Å². The number of nitrogens with zero attached hydrogens (tertiary/aromatic N) is 3. The summed E-state index contributed by atoms with van der Waals surface area (Å²) in [4.78, 5) is 46.2. The molecule has 9 heteroatoms. The molecule has 0 bridgehead atoms. The number of benzene rings is 3. The highest BCUT2D eigenvalue weighted by molar-refractivity contribution is 6.01. The van der Waals surface area contributed by atoms with Crippen molar-refractivity contribution in [2.75, 3.05) is 45.4 Å². The first-order valence-electron chi connectivity index (χ1n) is 13.8. The molecule has 1 unspecified atom stereocenters. The maximum absolute atomic E-state index is 14.1. The molecule has 0 saturated carbocycles. The Labute approximate surface area is 240 Å². The summed E-state index contributed by atoms with van der Waals surface area (Å²) in [7, 11) is 3.05. The van der Waals surface area contributed by atoms with Gasteiger partial charge in [0.25, 0.3) is 11.8 Å². The van der Waals surface area contributed by atoms with Gasteiger partial charge in [-0.05, 0) is 49.6 Å². The fourth-order valence-electron chi connectivity index (χ4n) is 5.91. The lowest BCUT2D eigenvalue weighted by atomic mass is 9.85. The van der Waals surface area contributed by atoms with Crippen LogP contribution in [0.3, 0.4) is 0 Å². The van der Waals surface area contributed by atoms with E-state index >= 15 is 0 Å². The van der Waals surface area contributed by atoms with E-state index in [0.29, 0.717) is 49.7 Å². The highest BCUT2D eigenvalue weighted by Crippen LogP contribution is 2.40. The van der Waals surface area contributed by atoms with Crippen LogP contribution in [-0.2, 0) is 9.59 Å². The van der Waals surface area contributed by atoms with E-state index in [1.807, 2.05) is 67.6 Å². The Balaban J connectivity index is 1.34. The van der Waals surface area contributed by atoms with Crippen molar-refractivity contribution in [1.82, 2.24) is 15.1 Å². The Bertz CT molecular complexity index is 1370. The second-order valence-corrected chi connectivity index (χ2v) is 10.5. The second-order valence-electron chi connectivity index (χ2n) is 10.5. The molecule has 0 radical (unpaired) electrons. The van der Waals surface area contributed by atoms with Crippen molar-refractivity contribution in [3.8, 4) is 11.5 Å². The summed E-state index contributed by atoms with van der Waals surface area (Å²) < 4.78 is 10.9. The minimum absolute atomic E-state index is 0.0395. The number of ether oxygens (including phenoxy) is 2. The fraction of sp³-hybridized carbons (Fsp3) is 0.344. The first kappa shape index (κ1) is 28.0. The average molecular weight is 557 g/mol. The molecule has 5 rings (SSSR count). The van der Waals surface area contributed by atoms with Gasteiger partial charge in [-0.3, -0.25) is 14.4 Å². The largest absolute Gasteiger partial charge is 0.496 e. The van der Waals surface area contributed by atoms with Gasteiger partial charge in [-0.2, -0.15) is 0 Å². The van der Waals surface area contributed by atoms with E-state index in [-0.39, 0.29) is 30.3 Å². The topological polar surface area (TPSA) is 91.4 Å². The molecule has 2 fully saturated rings. The zero-order valence-electron chi connectivity index (χ0n) is 23.7. The lowest BCUT2D eigenvalue weighted by Gasteiger charge is -2.43. The summed E-state index contributed by atoms with van der Waals surface area (Å²) in [5.74, 6) is 0.386. The smallest absolute Gasteiger partial charge is 0.261 e. The number of carbonyl (C=O) groups excluding carboxylic acids is 3. The third kappa shape index (κ3) is 5.44. The van der Waals surface area contributed by atoms with Crippen LogP contribution in [0, 0.1) is 0 Å². The molecule has 214 valence electrons. The van der Waals surface area contributed by atoms with Crippen LogP contribution in [0.25, 0.3) is 0 Å². The molecule has 2 heterocycles. The van der Waals surface area contributed by atoms with Crippen LogP contribution in [0.4, 0.5) is 5.69 Å². The molecule has 0 aliphatic carbocycles. The maximum Gasteiger partial charge on any atom is 0.261 e. The zero-order valence-corrected chi connectivity index (χ0v) is 23.7. The van der Waals surface area contributed by atoms with Crippen LogP contribution in [-0.4, -0.2) is 73.6 Å². The molecule has 41 heavy (non-hydrogen) atoms. The van der Waals surface area contributed by atoms with Crippen LogP contribution in [0.15, 0.2) is 78.9 Å². The molecule has 3 aromatic carbocycles. The van der Waals surface area contributed by atoms with E-state index in [1.54, 1.807) is 28.0 Å². The lowest BCUT2D eigenvalue weighted by Crippen LogP contribution is -2.57. The van der Waals surface area contributed by atoms with Gasteiger partial charge in [0.2, 0.25) is 5.91 Å². The molecule has 3 aromatic rings. The third-order valence-corrected chi connectivity index (χ3v) is 8.11. The van der Waals surface area contributed by atoms with E-state index in [2.05, 4.69) is 10.2 Å². The molecule has 0 aromatic heterocycles. The summed E-state index contributed by atoms with van der Waals surface area (Å²) in [6.45, 7) is 2.94. The number of rotatable bonds is 8. The molecule has 1 atom stereocenters. The first-order valence-corrected chi connectivity index (χ1v) is 13.8. The number of anilines is 1. The monoisotopic (exact) mass is 556 g/mol. The van der Waals surface area contributed by atoms with Gasteiger partial charge in [-0.15, -0.1) is 0 Å². The van der Waals surface area contributed by atoms with Crippen molar-refractivity contribution in [3.63, 3.8) is 0 Å². The number of amides is 3. The van der Waals surface area contributed by atoms with Gasteiger partial charge in [0.05, 0.1) is 26.9 Å². The predicted molar refractivity (Wildman–Crippen MR) is 156 cm³/mol. The Morgan fingerprint density at radius 2 is 1.46 bits per heavy atom. The molecule has 3 amide bonds. The van der Waals surface area contributed by atoms with Crippen molar-refractivity contribution in [3.05, 3.63) is 90.0 Å². The van der Waals surface area contributed by atoms with Gasteiger partial charge in [0.1, 0.15) is 29.1 Å². The van der Waals surface area contributed by atoms with Gasteiger partial charge < -0.3 is 29.5 Å². The number of likely N-dealkylation sites (tertiary alicyclic amines) is 1. The number of hydrogen-bond acceptors (Lipinski definition) is 6. The highest BCUT2D eigenvalue weighted by Gasteiger charge is 2.54. The molecule has 2 aliphatic heterocycles. The number of piperidine rings is 1. The van der Waals surface area contributed by atoms with Crippen molar-refractivity contribution in [2.24, 2.45) is 0 Å². The van der Waals surface area contributed by atoms with E-state index in [0.717, 1.165) is 11.3 Å². The number of hydrogen-bond donors (Lipinski definition) is 1. The number of carbonyl (C=O) groups is 3. The summed E-state index contributed by atoms with van der Waals surface area (Å²) in [6, 6.07) is 24.6. The Morgan fingerprint density at radius 3 is 2.05 bits per heavy atom. The lowest BCUT2D eigenvalue weighted by molar-refractivity contribution is -0.137. The molecular weight excluding hydrogens is 520 g/mol. The van der Waals surface area contributed by atoms with Crippen molar-refractivity contribution < 1.29 is 23.9 Å². The van der Waals surface area contributed by atoms with E-state index < -0.39 is 5.54 Å². The molecule has 1 spiro atoms. The van der Waals surface area contributed by atoms with Gasteiger partial charge in [0, 0.05) is 18.8 Å². The highest BCUT2D eigenvalue weighted by atomic mass is 16.5.